The molecule has 0 aliphatic carbocycles. The SMILES string of the molecule is Cc1ccc2nc(CC3CCCOC3)nn2c1. The summed E-state index contributed by atoms with van der Waals surface area (Å²) in [6.45, 7) is 3.83. The Morgan fingerprint density at radius 3 is 3.24 bits per heavy atom. The van der Waals surface area contributed by atoms with Gasteiger partial charge in [-0.25, -0.2) is 9.50 Å². The Morgan fingerprint density at radius 1 is 1.47 bits per heavy atom. The van der Waals surface area contributed by atoms with E-state index in [2.05, 4.69) is 23.1 Å². The maximum absolute atomic E-state index is 5.49. The first-order valence-corrected chi connectivity index (χ1v) is 6.21. The molecule has 0 spiro atoms. The predicted octanol–water partition coefficient (Wildman–Crippen LogP) is 2.01. The summed E-state index contributed by atoms with van der Waals surface area (Å²) in [7, 11) is 0. The van der Waals surface area contributed by atoms with E-state index in [0.29, 0.717) is 5.92 Å². The third kappa shape index (κ3) is 2.31. The molecule has 0 aromatic carbocycles. The Labute approximate surface area is 101 Å². The van der Waals surface area contributed by atoms with Crippen LogP contribution in [0.1, 0.15) is 24.2 Å². The van der Waals surface area contributed by atoms with Gasteiger partial charge in [0.25, 0.3) is 0 Å². The molecule has 1 saturated heterocycles. The first kappa shape index (κ1) is 10.7. The number of nitrogens with zero attached hydrogens (tertiary/aromatic N) is 3. The molecular formula is C13H17N3O. The van der Waals surface area contributed by atoms with Crippen LogP contribution < -0.4 is 0 Å². The lowest BCUT2D eigenvalue weighted by Crippen LogP contribution is -2.19. The van der Waals surface area contributed by atoms with Crippen LogP contribution in [0.5, 0.6) is 0 Å². The van der Waals surface area contributed by atoms with Crippen LogP contribution >= 0.6 is 0 Å². The zero-order valence-corrected chi connectivity index (χ0v) is 10.1. The highest BCUT2D eigenvalue weighted by Crippen LogP contribution is 2.17. The Hall–Kier alpha value is -1.42. The molecule has 4 heteroatoms. The van der Waals surface area contributed by atoms with Crippen molar-refractivity contribution in [2.24, 2.45) is 5.92 Å². The first-order chi connectivity index (χ1) is 8.31. The van der Waals surface area contributed by atoms with E-state index in [0.717, 1.165) is 37.5 Å². The minimum atomic E-state index is 0.585. The van der Waals surface area contributed by atoms with Crippen LogP contribution in [0, 0.1) is 12.8 Å². The molecule has 0 amide bonds. The second kappa shape index (κ2) is 4.45. The molecule has 1 atom stereocenters. The van der Waals surface area contributed by atoms with E-state index in [1.54, 1.807) is 0 Å². The van der Waals surface area contributed by atoms with E-state index in [4.69, 9.17) is 4.74 Å². The summed E-state index contributed by atoms with van der Waals surface area (Å²) in [5.74, 6) is 1.52. The van der Waals surface area contributed by atoms with Gasteiger partial charge in [0.2, 0.25) is 0 Å². The molecule has 2 aromatic rings. The fourth-order valence-corrected chi connectivity index (χ4v) is 2.35. The molecule has 90 valence electrons. The molecule has 1 unspecified atom stereocenters. The number of hydrogen-bond donors (Lipinski definition) is 0. The van der Waals surface area contributed by atoms with Crippen LogP contribution in [-0.2, 0) is 11.2 Å². The summed E-state index contributed by atoms with van der Waals surface area (Å²) in [6, 6.07) is 4.08. The van der Waals surface area contributed by atoms with Crippen molar-refractivity contribution in [2.75, 3.05) is 13.2 Å². The molecule has 0 radical (unpaired) electrons. The molecule has 4 nitrogen and oxygen atoms in total. The largest absolute Gasteiger partial charge is 0.381 e. The van der Waals surface area contributed by atoms with E-state index in [1.807, 2.05) is 16.8 Å². The van der Waals surface area contributed by atoms with Crippen molar-refractivity contribution in [1.82, 2.24) is 14.6 Å². The summed E-state index contributed by atoms with van der Waals surface area (Å²) >= 11 is 0. The molecule has 0 bridgehead atoms. The van der Waals surface area contributed by atoms with Crippen molar-refractivity contribution in [1.29, 1.82) is 0 Å². The van der Waals surface area contributed by atoms with Gasteiger partial charge in [-0.15, -0.1) is 0 Å². The van der Waals surface area contributed by atoms with Crippen LogP contribution in [0.3, 0.4) is 0 Å². The lowest BCUT2D eigenvalue weighted by Gasteiger charge is -2.20. The molecule has 1 aliphatic heterocycles. The molecule has 3 heterocycles. The van der Waals surface area contributed by atoms with Gasteiger partial charge in [0.05, 0.1) is 0 Å². The van der Waals surface area contributed by atoms with Gasteiger partial charge in [-0.3, -0.25) is 0 Å². The topological polar surface area (TPSA) is 39.4 Å². The van der Waals surface area contributed by atoms with Crippen molar-refractivity contribution in [3.63, 3.8) is 0 Å². The number of rotatable bonds is 2. The Kier molecular flexibility index (Phi) is 2.81. The number of aromatic nitrogens is 3. The quantitative estimate of drug-likeness (QED) is 0.793. The third-order valence-corrected chi connectivity index (χ3v) is 3.25. The van der Waals surface area contributed by atoms with Crippen molar-refractivity contribution in [3.8, 4) is 0 Å². The average molecular weight is 231 g/mol. The highest BCUT2D eigenvalue weighted by atomic mass is 16.5. The standard InChI is InChI=1S/C13H17N3O/c1-10-4-5-13-14-12(15-16(13)8-10)7-11-3-2-6-17-9-11/h4-5,8,11H,2-3,6-7,9H2,1H3. The van der Waals surface area contributed by atoms with Gasteiger partial charge in [0.15, 0.2) is 11.5 Å². The number of pyridine rings is 1. The van der Waals surface area contributed by atoms with Crippen LogP contribution in [-0.4, -0.2) is 27.8 Å². The van der Waals surface area contributed by atoms with E-state index in [9.17, 15) is 0 Å². The minimum absolute atomic E-state index is 0.585. The third-order valence-electron chi connectivity index (χ3n) is 3.25. The molecule has 1 fully saturated rings. The van der Waals surface area contributed by atoms with Crippen molar-refractivity contribution >= 4 is 5.65 Å². The maximum atomic E-state index is 5.49. The van der Waals surface area contributed by atoms with Gasteiger partial charge in [0, 0.05) is 25.8 Å². The normalized spacial score (nSPS) is 20.9. The monoisotopic (exact) mass is 231 g/mol. The van der Waals surface area contributed by atoms with Crippen molar-refractivity contribution < 1.29 is 4.74 Å². The van der Waals surface area contributed by atoms with Crippen LogP contribution in [0.25, 0.3) is 5.65 Å². The summed E-state index contributed by atoms with van der Waals surface area (Å²) in [4.78, 5) is 4.54. The highest BCUT2D eigenvalue weighted by molar-refractivity contribution is 5.38. The van der Waals surface area contributed by atoms with E-state index in [1.165, 1.54) is 12.0 Å². The highest BCUT2D eigenvalue weighted by Gasteiger charge is 2.16. The summed E-state index contributed by atoms with van der Waals surface area (Å²) in [5, 5.41) is 4.52. The second-order valence-electron chi connectivity index (χ2n) is 4.82. The van der Waals surface area contributed by atoms with Crippen LogP contribution in [0.4, 0.5) is 0 Å². The molecule has 17 heavy (non-hydrogen) atoms. The molecular weight excluding hydrogens is 214 g/mol. The first-order valence-electron chi connectivity index (χ1n) is 6.21. The van der Waals surface area contributed by atoms with Crippen LogP contribution in [0.2, 0.25) is 0 Å². The fourth-order valence-electron chi connectivity index (χ4n) is 2.35. The van der Waals surface area contributed by atoms with Gasteiger partial charge in [0.1, 0.15) is 0 Å². The zero-order chi connectivity index (χ0) is 11.7. The Balaban J connectivity index is 1.80. The van der Waals surface area contributed by atoms with Gasteiger partial charge < -0.3 is 4.74 Å². The number of fused-ring (bicyclic) bond motifs is 1. The second-order valence-corrected chi connectivity index (χ2v) is 4.82. The van der Waals surface area contributed by atoms with E-state index in [-0.39, 0.29) is 0 Å². The molecule has 0 N–H and O–H groups in total. The van der Waals surface area contributed by atoms with E-state index < -0.39 is 0 Å². The Bertz CT molecular complexity index is 514. The lowest BCUT2D eigenvalue weighted by atomic mass is 9.98. The van der Waals surface area contributed by atoms with Gasteiger partial charge in [-0.05, 0) is 37.3 Å². The summed E-state index contributed by atoms with van der Waals surface area (Å²) < 4.78 is 7.35. The van der Waals surface area contributed by atoms with Gasteiger partial charge in [-0.1, -0.05) is 6.07 Å². The number of hydrogen-bond acceptors (Lipinski definition) is 3. The smallest absolute Gasteiger partial charge is 0.155 e. The summed E-state index contributed by atoms with van der Waals surface area (Å²) in [6.07, 6.45) is 5.34. The molecule has 3 rings (SSSR count). The van der Waals surface area contributed by atoms with Crippen LogP contribution in [0.15, 0.2) is 18.3 Å². The van der Waals surface area contributed by atoms with E-state index >= 15 is 0 Å². The lowest BCUT2D eigenvalue weighted by molar-refractivity contribution is 0.0543. The fraction of sp³-hybridized carbons (Fsp3) is 0.538. The van der Waals surface area contributed by atoms with Crippen molar-refractivity contribution in [2.45, 2.75) is 26.2 Å². The van der Waals surface area contributed by atoms with Gasteiger partial charge in [-0.2, -0.15) is 5.10 Å². The molecule has 0 saturated carbocycles. The number of aryl methyl sites for hydroxylation is 1. The molecule has 2 aromatic heterocycles. The minimum Gasteiger partial charge on any atom is -0.381 e. The zero-order valence-electron chi connectivity index (χ0n) is 10.1. The summed E-state index contributed by atoms with van der Waals surface area (Å²) in [5.41, 5.74) is 2.14. The predicted molar refractivity (Wildman–Crippen MR) is 65.0 cm³/mol. The number of ether oxygens (including phenoxy) is 1. The maximum Gasteiger partial charge on any atom is 0.155 e. The Morgan fingerprint density at radius 2 is 2.41 bits per heavy atom. The molecule has 1 aliphatic rings. The average Bonchev–Trinajstić information content (AvgIpc) is 2.71. The van der Waals surface area contributed by atoms with Crippen molar-refractivity contribution in [3.05, 3.63) is 29.7 Å². The van der Waals surface area contributed by atoms with Gasteiger partial charge >= 0.3 is 0 Å².